The average Bonchev–Trinajstić information content (AvgIpc) is 3.13. The first-order chi connectivity index (χ1) is 16.1. The molecule has 1 aliphatic heterocycles. The van der Waals surface area contributed by atoms with Gasteiger partial charge in [0, 0.05) is 18.0 Å². The minimum atomic E-state index is -3.89. The first-order valence-corrected chi connectivity index (χ1v) is 13.3. The molecule has 1 saturated heterocycles. The Morgan fingerprint density at radius 3 is 2.59 bits per heavy atom. The maximum absolute atomic E-state index is 13.6. The van der Waals surface area contributed by atoms with Crippen molar-refractivity contribution in [2.75, 3.05) is 25.5 Å². The summed E-state index contributed by atoms with van der Waals surface area (Å²) in [5.41, 5.74) is -0.0822. The second-order valence-corrected chi connectivity index (χ2v) is 11.9. The number of hydrogen-bond acceptors (Lipinski definition) is 7. The van der Waals surface area contributed by atoms with E-state index in [0.717, 1.165) is 11.0 Å². The van der Waals surface area contributed by atoms with E-state index in [1.54, 1.807) is 31.2 Å². The van der Waals surface area contributed by atoms with Crippen LogP contribution in [-0.2, 0) is 21.4 Å². The van der Waals surface area contributed by atoms with Gasteiger partial charge < -0.3 is 10.1 Å². The number of carbonyl (C=O) groups is 1. The molecule has 3 heterocycles. The van der Waals surface area contributed by atoms with Gasteiger partial charge in [0.2, 0.25) is 15.9 Å². The molecule has 2 aromatic heterocycles. The molecule has 9 nitrogen and oxygen atoms in total. The summed E-state index contributed by atoms with van der Waals surface area (Å²) in [7, 11) is -2.40. The zero-order chi connectivity index (χ0) is 24.6. The molecule has 1 amide bonds. The number of carbonyl (C=O) groups excluding carboxylic acids is 1. The van der Waals surface area contributed by atoms with E-state index < -0.39 is 21.5 Å². The molecule has 0 unspecified atom stereocenters. The number of aryl methyl sites for hydroxylation is 1. The van der Waals surface area contributed by atoms with Crippen LogP contribution in [0.2, 0.25) is 0 Å². The second kappa shape index (κ2) is 9.47. The van der Waals surface area contributed by atoms with E-state index in [4.69, 9.17) is 4.74 Å². The monoisotopic (exact) mass is 504 g/mol. The number of anilines is 1. The van der Waals surface area contributed by atoms with Crippen molar-refractivity contribution in [3.05, 3.63) is 45.8 Å². The lowest BCUT2D eigenvalue weighted by Gasteiger charge is -2.34. The van der Waals surface area contributed by atoms with Gasteiger partial charge in [-0.05, 0) is 37.3 Å². The van der Waals surface area contributed by atoms with E-state index in [-0.39, 0.29) is 28.7 Å². The Morgan fingerprint density at radius 2 is 1.91 bits per heavy atom. The summed E-state index contributed by atoms with van der Waals surface area (Å²) in [6, 6.07) is 6.94. The third kappa shape index (κ3) is 4.59. The third-order valence-electron chi connectivity index (χ3n) is 5.93. The summed E-state index contributed by atoms with van der Waals surface area (Å²) >= 11 is 1.17. The van der Waals surface area contributed by atoms with Gasteiger partial charge in [0.1, 0.15) is 22.0 Å². The van der Waals surface area contributed by atoms with E-state index in [1.165, 1.54) is 29.1 Å². The van der Waals surface area contributed by atoms with Gasteiger partial charge in [-0.25, -0.2) is 13.4 Å². The fourth-order valence-corrected chi connectivity index (χ4v) is 7.91. The number of nitrogens with zero attached hydrogens (tertiary/aromatic N) is 3. The zero-order valence-electron chi connectivity index (χ0n) is 19.6. The Morgan fingerprint density at radius 1 is 1.24 bits per heavy atom. The molecule has 182 valence electrons. The Labute approximate surface area is 202 Å². The molecule has 0 saturated carbocycles. The second-order valence-electron chi connectivity index (χ2n) is 8.86. The van der Waals surface area contributed by atoms with Crippen LogP contribution >= 0.6 is 11.3 Å². The molecule has 1 aliphatic rings. The number of fused-ring (bicyclic) bond motifs is 1. The van der Waals surface area contributed by atoms with E-state index in [2.05, 4.69) is 10.3 Å². The highest BCUT2D eigenvalue weighted by Crippen LogP contribution is 2.35. The molecule has 11 heteroatoms. The molecule has 0 spiro atoms. The normalized spacial score (nSPS) is 19.3. The van der Waals surface area contributed by atoms with Crippen LogP contribution in [0.15, 0.2) is 40.3 Å². The summed E-state index contributed by atoms with van der Waals surface area (Å²) in [6.07, 6.45) is 2.24. The molecule has 0 aliphatic carbocycles. The van der Waals surface area contributed by atoms with Crippen molar-refractivity contribution in [3.63, 3.8) is 0 Å². The standard InChI is InChI=1S/C23H28N4O5S2/c1-14-9-15(2)11-27(10-14)34(30,31)21-16(3)33-22-20(21)23(29)26(13-24-22)12-19(28)25-17-7-5-6-8-18(17)32-4/h5-8,13-15H,9-12H2,1-4H3,(H,25,28)/t14-,15-/m1/s1. The summed E-state index contributed by atoms with van der Waals surface area (Å²) in [6.45, 7) is 6.27. The number of hydrogen-bond donors (Lipinski definition) is 1. The summed E-state index contributed by atoms with van der Waals surface area (Å²) in [5, 5.41) is 2.76. The lowest BCUT2D eigenvalue weighted by Crippen LogP contribution is -2.42. The number of amides is 1. The smallest absolute Gasteiger partial charge is 0.263 e. The van der Waals surface area contributed by atoms with Crippen LogP contribution < -0.4 is 15.6 Å². The van der Waals surface area contributed by atoms with Crippen LogP contribution in [0.1, 0.15) is 25.1 Å². The fourth-order valence-electron chi connectivity index (χ4n) is 4.56. The van der Waals surface area contributed by atoms with Crippen LogP contribution in [0, 0.1) is 18.8 Å². The molecule has 2 atom stereocenters. The number of para-hydroxylation sites is 2. The van der Waals surface area contributed by atoms with E-state index in [0.29, 0.717) is 34.2 Å². The van der Waals surface area contributed by atoms with E-state index in [1.807, 2.05) is 13.8 Å². The number of sulfonamides is 1. The lowest BCUT2D eigenvalue weighted by atomic mass is 9.94. The van der Waals surface area contributed by atoms with Crippen molar-refractivity contribution >= 4 is 43.2 Å². The van der Waals surface area contributed by atoms with E-state index >= 15 is 0 Å². The number of piperidine rings is 1. The SMILES string of the molecule is COc1ccccc1NC(=O)Cn1cnc2sc(C)c(S(=O)(=O)N3C[C@H](C)C[C@@H](C)C3)c2c1=O. The Kier molecular flexibility index (Phi) is 6.79. The molecule has 3 aromatic rings. The van der Waals surface area contributed by atoms with Gasteiger partial charge in [-0.3, -0.25) is 14.2 Å². The quantitative estimate of drug-likeness (QED) is 0.552. The highest BCUT2D eigenvalue weighted by atomic mass is 32.2. The molecule has 0 bridgehead atoms. The van der Waals surface area contributed by atoms with Crippen LogP contribution in [0.4, 0.5) is 5.69 Å². The number of aromatic nitrogens is 2. The Hall–Kier alpha value is -2.76. The van der Waals surface area contributed by atoms with Crippen molar-refractivity contribution in [2.24, 2.45) is 11.8 Å². The van der Waals surface area contributed by atoms with E-state index in [9.17, 15) is 18.0 Å². The largest absolute Gasteiger partial charge is 0.495 e. The van der Waals surface area contributed by atoms with Crippen LogP contribution in [0.5, 0.6) is 5.75 Å². The Bertz CT molecular complexity index is 1390. The summed E-state index contributed by atoms with van der Waals surface area (Å²) in [4.78, 5) is 31.2. The van der Waals surface area contributed by atoms with Gasteiger partial charge in [-0.1, -0.05) is 26.0 Å². The predicted molar refractivity (Wildman–Crippen MR) is 132 cm³/mol. The maximum atomic E-state index is 13.6. The lowest BCUT2D eigenvalue weighted by molar-refractivity contribution is -0.116. The number of rotatable bonds is 6. The van der Waals surface area contributed by atoms with Crippen molar-refractivity contribution in [1.29, 1.82) is 0 Å². The van der Waals surface area contributed by atoms with Crippen molar-refractivity contribution in [3.8, 4) is 5.75 Å². The van der Waals surface area contributed by atoms with Crippen LogP contribution in [-0.4, -0.2) is 48.4 Å². The van der Waals surface area contributed by atoms with Gasteiger partial charge in [0.05, 0.1) is 24.5 Å². The summed E-state index contributed by atoms with van der Waals surface area (Å²) in [5.74, 6) is 0.501. The van der Waals surface area contributed by atoms with Crippen molar-refractivity contribution in [1.82, 2.24) is 13.9 Å². The van der Waals surface area contributed by atoms with Crippen LogP contribution in [0.3, 0.4) is 0 Å². The zero-order valence-corrected chi connectivity index (χ0v) is 21.2. The van der Waals surface area contributed by atoms with Crippen molar-refractivity contribution < 1.29 is 17.9 Å². The molecule has 1 fully saturated rings. The number of thiophene rings is 1. The highest BCUT2D eigenvalue weighted by molar-refractivity contribution is 7.89. The number of benzene rings is 1. The minimum Gasteiger partial charge on any atom is -0.495 e. The first kappa shape index (κ1) is 24.4. The molecule has 4 rings (SSSR count). The first-order valence-electron chi connectivity index (χ1n) is 11.0. The van der Waals surface area contributed by atoms with Gasteiger partial charge >= 0.3 is 0 Å². The molecular weight excluding hydrogens is 476 g/mol. The topological polar surface area (TPSA) is 111 Å². The maximum Gasteiger partial charge on any atom is 0.263 e. The molecule has 1 aromatic carbocycles. The van der Waals surface area contributed by atoms with Crippen LogP contribution in [0.25, 0.3) is 10.2 Å². The summed E-state index contributed by atoms with van der Waals surface area (Å²) < 4.78 is 35.1. The minimum absolute atomic E-state index is 0.00536. The predicted octanol–water partition coefficient (Wildman–Crippen LogP) is 3.08. The molecule has 34 heavy (non-hydrogen) atoms. The third-order valence-corrected chi connectivity index (χ3v) is 9.07. The number of nitrogens with one attached hydrogen (secondary N) is 1. The van der Waals surface area contributed by atoms with Gasteiger partial charge in [-0.2, -0.15) is 4.31 Å². The van der Waals surface area contributed by atoms with Gasteiger partial charge in [-0.15, -0.1) is 11.3 Å². The highest BCUT2D eigenvalue weighted by Gasteiger charge is 2.35. The molecule has 0 radical (unpaired) electrons. The van der Waals surface area contributed by atoms with Crippen molar-refractivity contribution in [2.45, 2.75) is 38.6 Å². The number of methoxy groups -OCH3 is 1. The Balaban J connectivity index is 1.69. The van der Waals surface area contributed by atoms with Gasteiger partial charge in [0.25, 0.3) is 5.56 Å². The average molecular weight is 505 g/mol. The molecular formula is C23H28N4O5S2. The number of ether oxygens (including phenoxy) is 1. The fraction of sp³-hybridized carbons (Fsp3) is 0.435. The molecule has 1 N–H and O–H groups in total. The van der Waals surface area contributed by atoms with Gasteiger partial charge in [0.15, 0.2) is 0 Å².